The minimum atomic E-state index is -0.796. The van der Waals surface area contributed by atoms with Crippen LogP contribution in [0.15, 0.2) is 18.3 Å². The maximum Gasteiger partial charge on any atom is 0.271 e. The van der Waals surface area contributed by atoms with E-state index in [2.05, 4.69) is 20.2 Å². The van der Waals surface area contributed by atoms with Gasteiger partial charge in [0.1, 0.15) is 16.6 Å². The summed E-state index contributed by atoms with van der Waals surface area (Å²) in [5.74, 6) is -1.49. The van der Waals surface area contributed by atoms with Crippen molar-refractivity contribution in [2.75, 3.05) is 13.1 Å². The van der Waals surface area contributed by atoms with Crippen molar-refractivity contribution in [1.29, 1.82) is 0 Å². The summed E-state index contributed by atoms with van der Waals surface area (Å²) in [5, 5.41) is 9.43. The Morgan fingerprint density at radius 1 is 1.32 bits per heavy atom. The molecule has 12 heteroatoms. The molecule has 3 rings (SSSR count). The lowest BCUT2D eigenvalue weighted by molar-refractivity contribution is -0.127. The third-order valence-electron chi connectivity index (χ3n) is 5.19. The summed E-state index contributed by atoms with van der Waals surface area (Å²) in [5.41, 5.74) is 6.14. The lowest BCUT2D eigenvalue weighted by Gasteiger charge is -2.38. The van der Waals surface area contributed by atoms with Crippen LogP contribution >= 0.6 is 11.5 Å². The molecule has 0 aromatic carbocycles. The van der Waals surface area contributed by atoms with E-state index in [0.717, 1.165) is 11.5 Å². The molecule has 2 aromatic heterocycles. The first-order valence-electron chi connectivity index (χ1n) is 9.86. The Balaban J connectivity index is 1.74. The number of carbonyl (C=O) groups excluding carboxylic acids is 4. The molecule has 3 heterocycles. The number of aromatic nitrogens is 3. The molecule has 1 aliphatic heterocycles. The van der Waals surface area contributed by atoms with Crippen molar-refractivity contribution in [3.63, 3.8) is 0 Å². The molecule has 11 nitrogen and oxygen atoms in total. The zero-order valence-electron chi connectivity index (χ0n) is 17.3. The Labute approximate surface area is 183 Å². The largest absolute Gasteiger partial charge is 0.370 e. The summed E-state index contributed by atoms with van der Waals surface area (Å²) < 4.78 is 5.47. The van der Waals surface area contributed by atoms with Crippen LogP contribution in [0.25, 0.3) is 0 Å². The molecule has 0 saturated carbocycles. The SMILES string of the molecule is Cc1nnsc1C(=O)N[C@@H]1CCN(C(=O)c2cccn2C)[C@H](C(=O)NCCC(N)=O)C1. The van der Waals surface area contributed by atoms with Crippen molar-refractivity contribution in [2.45, 2.75) is 38.3 Å². The summed E-state index contributed by atoms with van der Waals surface area (Å²) in [7, 11) is 1.76. The quantitative estimate of drug-likeness (QED) is 0.524. The van der Waals surface area contributed by atoms with Crippen LogP contribution in [-0.4, -0.2) is 67.9 Å². The van der Waals surface area contributed by atoms with E-state index in [1.165, 1.54) is 4.90 Å². The van der Waals surface area contributed by atoms with Crippen LogP contribution in [0.2, 0.25) is 0 Å². The fourth-order valence-corrected chi connectivity index (χ4v) is 4.10. The number of nitrogens with two attached hydrogens (primary N) is 1. The van der Waals surface area contributed by atoms with E-state index in [0.29, 0.717) is 29.2 Å². The number of carbonyl (C=O) groups is 4. The first-order valence-corrected chi connectivity index (χ1v) is 10.6. The first-order chi connectivity index (χ1) is 14.8. The molecule has 1 saturated heterocycles. The third kappa shape index (κ3) is 5.26. The molecular formula is C19H25N7O4S. The maximum absolute atomic E-state index is 13.1. The minimum Gasteiger partial charge on any atom is -0.370 e. The van der Waals surface area contributed by atoms with E-state index >= 15 is 0 Å². The van der Waals surface area contributed by atoms with Crippen molar-refractivity contribution in [1.82, 2.24) is 29.7 Å². The standard InChI is InChI=1S/C19H25N7O4S/c1-11-16(31-24-23-11)18(29)22-12-6-9-26(19(30)13-4-3-8-25(13)2)14(10-12)17(28)21-7-5-15(20)27/h3-4,8,12,14H,5-7,9-10H2,1-2H3,(H2,20,27)(H,21,28)(H,22,29)/t12-,14+/m1/s1. The number of amides is 4. The Bertz CT molecular complexity index is 986. The fraction of sp³-hybridized carbons (Fsp3) is 0.474. The van der Waals surface area contributed by atoms with Gasteiger partial charge >= 0.3 is 0 Å². The summed E-state index contributed by atoms with van der Waals surface area (Å²) in [6.45, 7) is 2.08. The maximum atomic E-state index is 13.1. The molecule has 0 bridgehead atoms. The normalized spacial score (nSPS) is 18.5. The second-order valence-electron chi connectivity index (χ2n) is 7.41. The molecule has 4 N–H and O–H groups in total. The Hall–Kier alpha value is -3.28. The molecule has 166 valence electrons. The zero-order chi connectivity index (χ0) is 22.5. The second-order valence-corrected chi connectivity index (χ2v) is 8.16. The van der Waals surface area contributed by atoms with Crippen molar-refractivity contribution in [3.05, 3.63) is 34.6 Å². The van der Waals surface area contributed by atoms with E-state index in [-0.39, 0.29) is 37.2 Å². The molecular weight excluding hydrogens is 422 g/mol. The molecule has 0 aliphatic carbocycles. The molecule has 0 spiro atoms. The van der Waals surface area contributed by atoms with Crippen LogP contribution in [0.5, 0.6) is 0 Å². The molecule has 0 radical (unpaired) electrons. The minimum absolute atomic E-state index is 0.00202. The smallest absolute Gasteiger partial charge is 0.271 e. The van der Waals surface area contributed by atoms with E-state index in [1.54, 1.807) is 36.9 Å². The van der Waals surface area contributed by atoms with Crippen LogP contribution in [0.4, 0.5) is 0 Å². The highest BCUT2D eigenvalue weighted by atomic mass is 32.1. The number of likely N-dealkylation sites (tertiary alicyclic amines) is 1. The number of nitrogens with zero attached hydrogens (tertiary/aromatic N) is 4. The summed E-state index contributed by atoms with van der Waals surface area (Å²) >= 11 is 1.01. The van der Waals surface area contributed by atoms with Crippen LogP contribution in [0.1, 0.15) is 45.1 Å². The van der Waals surface area contributed by atoms with Crippen molar-refractivity contribution in [3.8, 4) is 0 Å². The van der Waals surface area contributed by atoms with E-state index < -0.39 is 17.9 Å². The summed E-state index contributed by atoms with van der Waals surface area (Å²) in [6.07, 6.45) is 2.50. The molecule has 31 heavy (non-hydrogen) atoms. The average Bonchev–Trinajstić information content (AvgIpc) is 3.35. The van der Waals surface area contributed by atoms with Crippen molar-refractivity contribution in [2.24, 2.45) is 12.8 Å². The van der Waals surface area contributed by atoms with Gasteiger partial charge in [-0.25, -0.2) is 0 Å². The summed E-state index contributed by atoms with van der Waals surface area (Å²) in [4.78, 5) is 51.4. The van der Waals surface area contributed by atoms with E-state index in [1.807, 2.05) is 0 Å². The van der Waals surface area contributed by atoms with Gasteiger partial charge in [0.05, 0.1) is 5.69 Å². The molecule has 1 fully saturated rings. The number of piperidine rings is 1. The lowest BCUT2D eigenvalue weighted by atomic mass is 9.95. The monoisotopic (exact) mass is 447 g/mol. The molecule has 2 aromatic rings. The van der Waals surface area contributed by atoms with Crippen LogP contribution < -0.4 is 16.4 Å². The highest BCUT2D eigenvalue weighted by Crippen LogP contribution is 2.22. The van der Waals surface area contributed by atoms with Gasteiger partial charge in [0.2, 0.25) is 11.8 Å². The second kappa shape index (κ2) is 9.69. The molecule has 1 aliphatic rings. The Morgan fingerprint density at radius 2 is 2.10 bits per heavy atom. The van der Waals surface area contributed by atoms with Gasteiger partial charge in [0, 0.05) is 38.8 Å². The van der Waals surface area contributed by atoms with Crippen LogP contribution in [0, 0.1) is 6.92 Å². The van der Waals surface area contributed by atoms with Crippen LogP contribution in [-0.2, 0) is 16.6 Å². The number of rotatable bonds is 7. The topological polar surface area (TPSA) is 152 Å². The molecule has 0 unspecified atom stereocenters. The number of hydrogen-bond donors (Lipinski definition) is 3. The first kappa shape index (κ1) is 22.4. The third-order valence-corrected chi connectivity index (χ3v) is 6.02. The van der Waals surface area contributed by atoms with Crippen molar-refractivity contribution < 1.29 is 19.2 Å². The van der Waals surface area contributed by atoms with Gasteiger partial charge in [-0.05, 0) is 43.4 Å². The van der Waals surface area contributed by atoms with Gasteiger partial charge in [0.15, 0.2) is 0 Å². The van der Waals surface area contributed by atoms with E-state index in [4.69, 9.17) is 5.73 Å². The predicted molar refractivity (Wildman–Crippen MR) is 112 cm³/mol. The van der Waals surface area contributed by atoms with Gasteiger partial charge in [-0.1, -0.05) is 4.49 Å². The van der Waals surface area contributed by atoms with Gasteiger partial charge < -0.3 is 25.8 Å². The number of nitrogens with one attached hydrogen (secondary N) is 2. The summed E-state index contributed by atoms with van der Waals surface area (Å²) in [6, 6.07) is 2.35. The number of primary amides is 1. The van der Waals surface area contributed by atoms with Gasteiger partial charge in [-0.3, -0.25) is 19.2 Å². The predicted octanol–water partition coefficient (Wildman–Crippen LogP) is -0.420. The Kier molecular flexibility index (Phi) is 7.00. The van der Waals surface area contributed by atoms with Crippen LogP contribution in [0.3, 0.4) is 0 Å². The Morgan fingerprint density at radius 3 is 2.71 bits per heavy atom. The fourth-order valence-electron chi connectivity index (χ4n) is 3.54. The molecule has 2 atom stereocenters. The van der Waals surface area contributed by atoms with Gasteiger partial charge in [-0.2, -0.15) is 0 Å². The highest BCUT2D eigenvalue weighted by Gasteiger charge is 2.38. The van der Waals surface area contributed by atoms with Crippen molar-refractivity contribution >= 4 is 35.2 Å². The molecule has 4 amide bonds. The number of hydrogen-bond acceptors (Lipinski definition) is 7. The number of aryl methyl sites for hydroxylation is 2. The van der Waals surface area contributed by atoms with Gasteiger partial charge in [0.25, 0.3) is 11.8 Å². The van der Waals surface area contributed by atoms with Gasteiger partial charge in [-0.15, -0.1) is 5.10 Å². The zero-order valence-corrected chi connectivity index (χ0v) is 18.1. The lowest BCUT2D eigenvalue weighted by Crippen LogP contribution is -2.57. The average molecular weight is 448 g/mol. The highest BCUT2D eigenvalue weighted by molar-refractivity contribution is 7.08. The van der Waals surface area contributed by atoms with E-state index in [9.17, 15) is 19.2 Å².